The van der Waals surface area contributed by atoms with Crippen LogP contribution in [0.25, 0.3) is 0 Å². The third kappa shape index (κ3) is 3.27. The molecule has 1 fully saturated rings. The van der Waals surface area contributed by atoms with Crippen LogP contribution in [0.4, 0.5) is 0 Å². The molecule has 1 saturated heterocycles. The molecule has 0 spiro atoms. The van der Waals surface area contributed by atoms with Crippen LogP contribution >= 0.6 is 11.3 Å². The van der Waals surface area contributed by atoms with Crippen LogP contribution < -0.4 is 10.1 Å². The van der Waals surface area contributed by atoms with Crippen molar-refractivity contribution in [2.24, 2.45) is 0 Å². The van der Waals surface area contributed by atoms with Gasteiger partial charge < -0.3 is 14.8 Å². The molecular weight excluding hydrogens is 328 g/mol. The second kappa shape index (κ2) is 6.95. The Hall–Kier alpha value is -1.16. The lowest BCUT2D eigenvalue weighted by atomic mass is 10.1. The zero-order chi connectivity index (χ0) is 16.3. The summed E-state index contributed by atoms with van der Waals surface area (Å²) in [5.41, 5.74) is 0. The van der Waals surface area contributed by atoms with Crippen LogP contribution in [0, 0.1) is 0 Å². The highest BCUT2D eigenvalue weighted by Crippen LogP contribution is 2.36. The lowest BCUT2D eigenvalue weighted by molar-refractivity contribution is 0.0606. The van der Waals surface area contributed by atoms with Crippen molar-refractivity contribution in [2.75, 3.05) is 34.4 Å². The molecule has 0 bridgehead atoms. The number of ether oxygens (including phenoxy) is 2. The molecule has 0 saturated carbocycles. The number of sulfonamides is 1. The maximum Gasteiger partial charge on any atom is 0.348 e. The van der Waals surface area contributed by atoms with Gasteiger partial charge >= 0.3 is 5.97 Å². The van der Waals surface area contributed by atoms with Gasteiger partial charge in [0.15, 0.2) is 9.96 Å². The van der Waals surface area contributed by atoms with Gasteiger partial charge in [-0.2, -0.15) is 4.31 Å². The van der Waals surface area contributed by atoms with Gasteiger partial charge in [0, 0.05) is 19.2 Å². The molecule has 1 aliphatic heterocycles. The lowest BCUT2D eigenvalue weighted by Gasteiger charge is -2.30. The molecule has 1 N–H and O–H groups in total. The Labute approximate surface area is 134 Å². The van der Waals surface area contributed by atoms with Crippen molar-refractivity contribution in [2.45, 2.75) is 23.1 Å². The molecule has 2 rings (SSSR count). The number of hydrogen-bond donors (Lipinski definition) is 1. The Kier molecular flexibility index (Phi) is 5.43. The summed E-state index contributed by atoms with van der Waals surface area (Å²) in [5, 5.41) is 3.21. The topological polar surface area (TPSA) is 84.9 Å². The standard InChI is InChI=1S/C13H20N2O5S2/c1-15(9-4-6-14-7-5-9)22(17,18)13-10(19-2)8-11(21-13)12(16)20-3/h8-9,14H,4-7H2,1-3H3. The first kappa shape index (κ1) is 17.2. The first-order valence-corrected chi connectivity index (χ1v) is 9.12. The Bertz CT molecular complexity index is 635. The van der Waals surface area contributed by atoms with E-state index in [9.17, 15) is 13.2 Å². The third-order valence-corrected chi connectivity index (χ3v) is 7.21. The normalized spacial score (nSPS) is 16.7. The highest BCUT2D eigenvalue weighted by atomic mass is 32.2. The van der Waals surface area contributed by atoms with E-state index in [2.05, 4.69) is 10.1 Å². The molecule has 9 heteroatoms. The Morgan fingerprint density at radius 3 is 2.55 bits per heavy atom. The summed E-state index contributed by atoms with van der Waals surface area (Å²) < 4.78 is 36.8. The minimum atomic E-state index is -3.71. The fourth-order valence-corrected chi connectivity index (χ4v) is 5.46. The van der Waals surface area contributed by atoms with Crippen molar-refractivity contribution in [3.8, 4) is 5.75 Å². The molecule has 0 atom stereocenters. The lowest BCUT2D eigenvalue weighted by Crippen LogP contribution is -2.43. The van der Waals surface area contributed by atoms with Crippen LogP contribution in [0.15, 0.2) is 10.3 Å². The maximum atomic E-state index is 12.8. The van der Waals surface area contributed by atoms with E-state index in [0.717, 1.165) is 37.3 Å². The number of hydrogen-bond acceptors (Lipinski definition) is 7. The van der Waals surface area contributed by atoms with Crippen LogP contribution in [-0.4, -0.2) is 59.1 Å². The molecule has 22 heavy (non-hydrogen) atoms. The number of piperidine rings is 1. The first-order chi connectivity index (χ1) is 10.4. The van der Waals surface area contributed by atoms with Crippen molar-refractivity contribution in [3.05, 3.63) is 10.9 Å². The van der Waals surface area contributed by atoms with Crippen molar-refractivity contribution >= 4 is 27.3 Å². The molecule has 124 valence electrons. The highest BCUT2D eigenvalue weighted by Gasteiger charge is 2.34. The second-order valence-corrected chi connectivity index (χ2v) is 8.21. The van der Waals surface area contributed by atoms with Gasteiger partial charge in [-0.05, 0) is 25.9 Å². The average molecular weight is 348 g/mol. The Morgan fingerprint density at radius 1 is 1.36 bits per heavy atom. The van der Waals surface area contributed by atoms with Crippen molar-refractivity contribution in [1.82, 2.24) is 9.62 Å². The number of rotatable bonds is 5. The highest BCUT2D eigenvalue weighted by molar-refractivity contribution is 7.91. The van der Waals surface area contributed by atoms with Gasteiger partial charge in [0.1, 0.15) is 4.88 Å². The van der Waals surface area contributed by atoms with Crippen LogP contribution in [0.3, 0.4) is 0 Å². The summed E-state index contributed by atoms with van der Waals surface area (Å²) in [6.45, 7) is 1.58. The van der Waals surface area contributed by atoms with E-state index in [-0.39, 0.29) is 20.9 Å². The summed E-state index contributed by atoms with van der Waals surface area (Å²) in [7, 11) is 0.496. The maximum absolute atomic E-state index is 12.8. The van der Waals surface area contributed by atoms with Gasteiger partial charge in [-0.3, -0.25) is 0 Å². The molecule has 1 aromatic heterocycles. The van der Waals surface area contributed by atoms with Crippen molar-refractivity contribution in [1.29, 1.82) is 0 Å². The molecule has 1 aromatic rings. The minimum absolute atomic E-state index is 0.0384. The quantitative estimate of drug-likeness (QED) is 0.797. The molecule has 0 amide bonds. The summed E-state index contributed by atoms with van der Waals surface area (Å²) in [6.07, 6.45) is 1.51. The van der Waals surface area contributed by atoms with Gasteiger partial charge in [-0.15, -0.1) is 11.3 Å². The van der Waals surface area contributed by atoms with E-state index >= 15 is 0 Å². The van der Waals surface area contributed by atoms with Gasteiger partial charge in [-0.1, -0.05) is 0 Å². The van der Waals surface area contributed by atoms with Crippen LogP contribution in [-0.2, 0) is 14.8 Å². The van der Waals surface area contributed by atoms with Crippen LogP contribution in [0.2, 0.25) is 0 Å². The Balaban J connectivity index is 2.35. The van der Waals surface area contributed by atoms with E-state index in [1.54, 1.807) is 7.05 Å². The monoisotopic (exact) mass is 348 g/mol. The van der Waals surface area contributed by atoms with Gasteiger partial charge in [0.2, 0.25) is 0 Å². The number of methoxy groups -OCH3 is 2. The predicted octanol–water partition coefficient (Wildman–Crippen LogP) is 0.916. The van der Waals surface area contributed by atoms with E-state index in [0.29, 0.717) is 0 Å². The number of nitrogens with zero attached hydrogens (tertiary/aromatic N) is 1. The van der Waals surface area contributed by atoms with E-state index in [1.807, 2.05) is 0 Å². The van der Waals surface area contributed by atoms with Crippen molar-refractivity contribution in [3.63, 3.8) is 0 Å². The van der Waals surface area contributed by atoms with Crippen LogP contribution in [0.5, 0.6) is 5.75 Å². The molecule has 7 nitrogen and oxygen atoms in total. The Morgan fingerprint density at radius 2 is 2.00 bits per heavy atom. The summed E-state index contributed by atoms with van der Waals surface area (Å²) in [4.78, 5) is 11.8. The summed E-state index contributed by atoms with van der Waals surface area (Å²) >= 11 is 0.871. The SMILES string of the molecule is COC(=O)c1cc(OC)c(S(=O)(=O)N(C)C2CCNCC2)s1. The van der Waals surface area contributed by atoms with Crippen LogP contribution in [0.1, 0.15) is 22.5 Å². The number of nitrogens with one attached hydrogen (secondary N) is 1. The second-order valence-electron chi connectivity index (χ2n) is 4.96. The minimum Gasteiger partial charge on any atom is -0.494 e. The molecule has 1 aliphatic rings. The van der Waals surface area contributed by atoms with E-state index in [1.165, 1.54) is 24.6 Å². The zero-order valence-electron chi connectivity index (χ0n) is 12.8. The third-order valence-electron chi connectivity index (χ3n) is 3.71. The van der Waals surface area contributed by atoms with Gasteiger partial charge in [-0.25, -0.2) is 13.2 Å². The molecule has 0 aliphatic carbocycles. The molecule has 0 radical (unpaired) electrons. The molecule has 0 unspecified atom stereocenters. The number of carbonyl (C=O) groups is 1. The summed E-state index contributed by atoms with van der Waals surface area (Å²) in [5.74, 6) is -0.402. The van der Waals surface area contributed by atoms with Crippen molar-refractivity contribution < 1.29 is 22.7 Å². The summed E-state index contributed by atoms with van der Waals surface area (Å²) in [6, 6.07) is 1.35. The molecular formula is C13H20N2O5S2. The zero-order valence-corrected chi connectivity index (χ0v) is 14.4. The number of thiophene rings is 1. The number of carbonyl (C=O) groups excluding carboxylic acids is 1. The molecule has 2 heterocycles. The predicted molar refractivity (Wildman–Crippen MR) is 83.1 cm³/mol. The molecule has 0 aromatic carbocycles. The fourth-order valence-electron chi connectivity index (χ4n) is 2.38. The fraction of sp³-hybridized carbons (Fsp3) is 0.615. The van der Waals surface area contributed by atoms with Gasteiger partial charge in [0.25, 0.3) is 10.0 Å². The average Bonchev–Trinajstić information content (AvgIpc) is 2.99. The van der Waals surface area contributed by atoms with Gasteiger partial charge in [0.05, 0.1) is 14.2 Å². The first-order valence-electron chi connectivity index (χ1n) is 6.86. The van der Waals surface area contributed by atoms with E-state index in [4.69, 9.17) is 4.74 Å². The smallest absolute Gasteiger partial charge is 0.348 e. The largest absolute Gasteiger partial charge is 0.494 e. The number of esters is 1. The van der Waals surface area contributed by atoms with E-state index < -0.39 is 16.0 Å².